The van der Waals surface area contributed by atoms with Crippen molar-refractivity contribution in [1.82, 2.24) is 10.3 Å². The Balaban J connectivity index is 2.24. The lowest BCUT2D eigenvalue weighted by molar-refractivity contribution is 0.0377. The van der Waals surface area contributed by atoms with Crippen LogP contribution in [0.25, 0.3) is 0 Å². The molecule has 1 aliphatic rings. The monoisotopic (exact) mass is 291 g/mol. The average Bonchev–Trinajstić information content (AvgIpc) is 2.86. The number of rotatable bonds is 5. The summed E-state index contributed by atoms with van der Waals surface area (Å²) in [4.78, 5) is 19.0. The van der Waals surface area contributed by atoms with Gasteiger partial charge in [0.2, 0.25) is 0 Å². The van der Waals surface area contributed by atoms with Gasteiger partial charge in [-0.1, -0.05) is 6.92 Å². The molecule has 0 aliphatic carbocycles. The number of carbonyl (C=O) groups is 1. The van der Waals surface area contributed by atoms with E-state index in [0.717, 1.165) is 37.4 Å². The Morgan fingerprint density at radius 1 is 1.57 bits per heavy atom. The predicted molar refractivity (Wildman–Crippen MR) is 83.8 cm³/mol. The maximum atomic E-state index is 12.4. The molecule has 1 unspecified atom stereocenters. The van der Waals surface area contributed by atoms with Crippen molar-refractivity contribution in [2.45, 2.75) is 46.3 Å². The van der Waals surface area contributed by atoms with Crippen LogP contribution in [0.1, 0.15) is 43.1 Å². The van der Waals surface area contributed by atoms with Crippen LogP contribution in [-0.4, -0.2) is 42.7 Å². The number of nitrogens with zero attached hydrogens (tertiary/aromatic N) is 2. The standard InChI is InChI=1S/C16H25N3O2/c1-5-17-13-7-9-19(10-13)15-14(12(4)6-8-18-15)16(20)21-11(2)3/h6,8,11,13,17H,5,7,9-10H2,1-4H3. The van der Waals surface area contributed by atoms with E-state index in [1.807, 2.05) is 26.8 Å². The van der Waals surface area contributed by atoms with Crippen molar-refractivity contribution in [2.75, 3.05) is 24.5 Å². The fraction of sp³-hybridized carbons (Fsp3) is 0.625. The van der Waals surface area contributed by atoms with Crippen molar-refractivity contribution in [2.24, 2.45) is 0 Å². The van der Waals surface area contributed by atoms with E-state index in [9.17, 15) is 4.79 Å². The summed E-state index contributed by atoms with van der Waals surface area (Å²) >= 11 is 0. The van der Waals surface area contributed by atoms with Gasteiger partial charge in [0, 0.05) is 25.3 Å². The molecule has 0 amide bonds. The minimum Gasteiger partial charge on any atom is -0.459 e. The van der Waals surface area contributed by atoms with Gasteiger partial charge in [-0.2, -0.15) is 0 Å². The van der Waals surface area contributed by atoms with Crippen molar-refractivity contribution in [3.8, 4) is 0 Å². The third-order valence-electron chi connectivity index (χ3n) is 3.67. The summed E-state index contributed by atoms with van der Waals surface area (Å²) in [5.74, 6) is 0.471. The van der Waals surface area contributed by atoms with Gasteiger partial charge in [0.15, 0.2) is 0 Å². The molecule has 1 aromatic rings. The average molecular weight is 291 g/mol. The molecule has 21 heavy (non-hydrogen) atoms. The van der Waals surface area contributed by atoms with E-state index in [2.05, 4.69) is 22.1 Å². The zero-order valence-corrected chi connectivity index (χ0v) is 13.3. The Hall–Kier alpha value is -1.62. The molecule has 1 aliphatic heterocycles. The van der Waals surface area contributed by atoms with E-state index in [1.54, 1.807) is 6.20 Å². The maximum absolute atomic E-state index is 12.4. The molecule has 1 fully saturated rings. The zero-order chi connectivity index (χ0) is 15.4. The molecule has 2 rings (SSSR count). The number of carbonyl (C=O) groups excluding carboxylic acids is 1. The Morgan fingerprint density at radius 2 is 2.33 bits per heavy atom. The number of ether oxygens (including phenoxy) is 1. The first kappa shape index (κ1) is 15.8. The summed E-state index contributed by atoms with van der Waals surface area (Å²) < 4.78 is 5.37. The maximum Gasteiger partial charge on any atom is 0.342 e. The molecule has 5 nitrogen and oxygen atoms in total. The van der Waals surface area contributed by atoms with Crippen LogP contribution in [0, 0.1) is 6.92 Å². The van der Waals surface area contributed by atoms with Crippen LogP contribution >= 0.6 is 0 Å². The van der Waals surface area contributed by atoms with E-state index in [0.29, 0.717) is 11.6 Å². The van der Waals surface area contributed by atoms with Crippen LogP contribution in [0.15, 0.2) is 12.3 Å². The highest BCUT2D eigenvalue weighted by Crippen LogP contribution is 2.25. The summed E-state index contributed by atoms with van der Waals surface area (Å²) in [6.07, 6.45) is 2.71. The highest BCUT2D eigenvalue weighted by molar-refractivity contribution is 5.96. The Labute approximate surface area is 126 Å². The molecule has 0 saturated carbocycles. The highest BCUT2D eigenvalue weighted by atomic mass is 16.5. The number of pyridine rings is 1. The number of hydrogen-bond donors (Lipinski definition) is 1. The Bertz CT molecular complexity index is 502. The first-order chi connectivity index (χ1) is 10.0. The second kappa shape index (κ2) is 6.89. The predicted octanol–water partition coefficient (Wildman–Crippen LogP) is 2.14. The van der Waals surface area contributed by atoms with Gasteiger partial charge in [-0.15, -0.1) is 0 Å². The Morgan fingerprint density at radius 3 is 3.00 bits per heavy atom. The molecule has 1 atom stereocenters. The van der Waals surface area contributed by atoms with Crippen molar-refractivity contribution in [3.05, 3.63) is 23.4 Å². The lowest BCUT2D eigenvalue weighted by Crippen LogP contribution is -2.33. The SMILES string of the molecule is CCNC1CCN(c2nccc(C)c2C(=O)OC(C)C)C1. The smallest absolute Gasteiger partial charge is 0.342 e. The number of esters is 1. The first-order valence-corrected chi connectivity index (χ1v) is 7.67. The third kappa shape index (κ3) is 3.73. The number of aryl methyl sites for hydroxylation is 1. The minimum atomic E-state index is -0.280. The lowest BCUT2D eigenvalue weighted by Gasteiger charge is -2.22. The van der Waals surface area contributed by atoms with E-state index < -0.39 is 0 Å². The minimum absolute atomic E-state index is 0.127. The van der Waals surface area contributed by atoms with Crippen LogP contribution in [0.3, 0.4) is 0 Å². The van der Waals surface area contributed by atoms with Gasteiger partial charge in [0.1, 0.15) is 11.4 Å². The normalized spacial score (nSPS) is 18.3. The van der Waals surface area contributed by atoms with E-state index >= 15 is 0 Å². The fourth-order valence-electron chi connectivity index (χ4n) is 2.72. The van der Waals surface area contributed by atoms with Gasteiger partial charge in [-0.3, -0.25) is 0 Å². The quantitative estimate of drug-likeness (QED) is 0.842. The van der Waals surface area contributed by atoms with Crippen LogP contribution in [-0.2, 0) is 4.74 Å². The molecule has 2 heterocycles. The van der Waals surface area contributed by atoms with Crippen LogP contribution in [0.4, 0.5) is 5.82 Å². The molecule has 5 heteroatoms. The van der Waals surface area contributed by atoms with Crippen LogP contribution in [0.5, 0.6) is 0 Å². The summed E-state index contributed by atoms with van der Waals surface area (Å²) in [6, 6.07) is 2.32. The number of likely N-dealkylation sites (N-methyl/N-ethyl adjacent to an activating group) is 1. The van der Waals surface area contributed by atoms with Gasteiger partial charge >= 0.3 is 5.97 Å². The van der Waals surface area contributed by atoms with E-state index in [-0.39, 0.29) is 12.1 Å². The number of hydrogen-bond acceptors (Lipinski definition) is 5. The van der Waals surface area contributed by atoms with Crippen molar-refractivity contribution >= 4 is 11.8 Å². The second-order valence-corrected chi connectivity index (χ2v) is 5.77. The molecule has 0 bridgehead atoms. The topological polar surface area (TPSA) is 54.5 Å². The zero-order valence-electron chi connectivity index (χ0n) is 13.3. The van der Waals surface area contributed by atoms with Crippen molar-refractivity contribution < 1.29 is 9.53 Å². The van der Waals surface area contributed by atoms with Gasteiger partial charge in [0.05, 0.1) is 6.10 Å². The molecular formula is C16H25N3O2. The molecular weight excluding hydrogens is 266 g/mol. The van der Waals surface area contributed by atoms with Gasteiger partial charge in [0.25, 0.3) is 0 Å². The molecule has 0 spiro atoms. The Kier molecular flexibility index (Phi) is 5.17. The van der Waals surface area contributed by atoms with E-state index in [4.69, 9.17) is 4.74 Å². The van der Waals surface area contributed by atoms with Gasteiger partial charge in [-0.25, -0.2) is 9.78 Å². The van der Waals surface area contributed by atoms with E-state index in [1.165, 1.54) is 0 Å². The number of aromatic nitrogens is 1. The first-order valence-electron chi connectivity index (χ1n) is 7.67. The van der Waals surface area contributed by atoms with Crippen LogP contribution in [0.2, 0.25) is 0 Å². The summed E-state index contributed by atoms with van der Waals surface area (Å²) in [6.45, 7) is 10.5. The second-order valence-electron chi connectivity index (χ2n) is 5.77. The molecule has 0 radical (unpaired) electrons. The lowest BCUT2D eigenvalue weighted by atomic mass is 10.1. The van der Waals surface area contributed by atoms with Crippen molar-refractivity contribution in [1.29, 1.82) is 0 Å². The van der Waals surface area contributed by atoms with Gasteiger partial charge < -0.3 is 15.0 Å². The third-order valence-corrected chi connectivity index (χ3v) is 3.67. The van der Waals surface area contributed by atoms with Crippen molar-refractivity contribution in [3.63, 3.8) is 0 Å². The molecule has 1 aromatic heterocycles. The van der Waals surface area contributed by atoms with Crippen LogP contribution < -0.4 is 10.2 Å². The number of nitrogens with one attached hydrogen (secondary N) is 1. The molecule has 1 saturated heterocycles. The molecule has 0 aromatic carbocycles. The van der Waals surface area contributed by atoms with Gasteiger partial charge in [-0.05, 0) is 45.4 Å². The number of anilines is 1. The summed E-state index contributed by atoms with van der Waals surface area (Å²) in [7, 11) is 0. The fourth-order valence-corrected chi connectivity index (χ4v) is 2.72. The largest absolute Gasteiger partial charge is 0.459 e. The highest BCUT2D eigenvalue weighted by Gasteiger charge is 2.28. The molecule has 1 N–H and O–H groups in total. The summed E-state index contributed by atoms with van der Waals surface area (Å²) in [5.41, 5.74) is 1.51. The summed E-state index contributed by atoms with van der Waals surface area (Å²) in [5, 5.41) is 3.45. The molecule has 116 valence electrons.